The molecule has 0 saturated carbocycles. The predicted molar refractivity (Wildman–Crippen MR) is 167 cm³/mol. The first-order valence-corrected chi connectivity index (χ1v) is 14.0. The highest BCUT2D eigenvalue weighted by molar-refractivity contribution is 9.10. The van der Waals surface area contributed by atoms with Crippen LogP contribution in [-0.2, 0) is 22.4 Å². The molecular formula is C32H26BrN3O3S. The molecule has 0 spiro atoms. The average Bonchev–Trinajstić information content (AvgIpc) is 3.67. The fourth-order valence-corrected chi connectivity index (χ4v) is 5.68. The molecular weight excluding hydrogens is 586 g/mol. The highest BCUT2D eigenvalue weighted by Crippen LogP contribution is 2.32. The van der Waals surface area contributed by atoms with Gasteiger partial charge in [0.05, 0.1) is 18.4 Å². The summed E-state index contributed by atoms with van der Waals surface area (Å²) in [6.07, 6.45) is 0.968. The molecule has 3 amide bonds. The summed E-state index contributed by atoms with van der Waals surface area (Å²) in [5.74, 6) is 0.0261. The maximum absolute atomic E-state index is 12.2. The van der Waals surface area contributed by atoms with E-state index in [1.807, 2.05) is 65.4 Å². The number of hydrogen-bond donors (Lipinski definition) is 3. The smallest absolute Gasteiger partial charge is 0.256 e. The molecule has 0 fully saturated rings. The number of benzene rings is 4. The van der Waals surface area contributed by atoms with Crippen LogP contribution in [0.25, 0.3) is 21.9 Å². The van der Waals surface area contributed by atoms with Crippen molar-refractivity contribution < 1.29 is 14.4 Å². The second kappa shape index (κ2) is 11.5. The van der Waals surface area contributed by atoms with E-state index < -0.39 is 0 Å². The topological polar surface area (TPSA) is 87.3 Å². The minimum Gasteiger partial charge on any atom is -0.326 e. The van der Waals surface area contributed by atoms with E-state index in [2.05, 4.69) is 56.1 Å². The number of fused-ring (bicyclic) bond motifs is 3. The molecule has 200 valence electrons. The van der Waals surface area contributed by atoms with Crippen LogP contribution in [0, 0.1) is 0 Å². The van der Waals surface area contributed by atoms with Gasteiger partial charge in [0, 0.05) is 26.9 Å². The predicted octanol–water partition coefficient (Wildman–Crippen LogP) is 7.90. The second-order valence-electron chi connectivity index (χ2n) is 9.37. The van der Waals surface area contributed by atoms with E-state index in [4.69, 9.17) is 0 Å². The minimum atomic E-state index is -0.0996. The molecule has 4 aromatic carbocycles. The zero-order chi connectivity index (χ0) is 26.9. The first-order chi connectivity index (χ1) is 18.9. The van der Waals surface area contributed by atoms with E-state index in [0.29, 0.717) is 18.4 Å². The maximum Gasteiger partial charge on any atom is 0.256 e. The van der Waals surface area contributed by atoms with E-state index in [1.54, 1.807) is 0 Å². The lowest BCUT2D eigenvalue weighted by molar-refractivity contribution is -0.115. The van der Waals surface area contributed by atoms with Crippen LogP contribution in [0.1, 0.15) is 28.9 Å². The Labute approximate surface area is 244 Å². The third-order valence-corrected chi connectivity index (χ3v) is 7.82. The van der Waals surface area contributed by atoms with Crippen molar-refractivity contribution >= 4 is 72.8 Å². The van der Waals surface area contributed by atoms with Crippen LogP contribution in [0.5, 0.6) is 0 Å². The quantitative estimate of drug-likeness (QED) is 0.194. The molecule has 3 N–H and O–H groups in total. The normalized spacial score (nSPS) is 12.8. The van der Waals surface area contributed by atoms with Crippen molar-refractivity contribution in [1.82, 2.24) is 0 Å². The van der Waals surface area contributed by atoms with Crippen molar-refractivity contribution in [3.63, 3.8) is 0 Å². The van der Waals surface area contributed by atoms with Crippen molar-refractivity contribution in [2.75, 3.05) is 16.0 Å². The summed E-state index contributed by atoms with van der Waals surface area (Å²) in [7, 11) is 0. The summed E-state index contributed by atoms with van der Waals surface area (Å²) in [6, 6.07) is 25.9. The molecule has 5 aromatic rings. The van der Waals surface area contributed by atoms with Crippen molar-refractivity contribution in [2.45, 2.75) is 20.3 Å². The van der Waals surface area contributed by atoms with E-state index in [9.17, 15) is 14.4 Å². The number of nitrogens with one attached hydrogen (secondary N) is 3. The van der Waals surface area contributed by atoms with Gasteiger partial charge in [0.1, 0.15) is 0 Å². The monoisotopic (exact) mass is 611 g/mol. The van der Waals surface area contributed by atoms with Crippen molar-refractivity contribution in [2.24, 2.45) is 0 Å². The molecule has 7 rings (SSSR count). The number of carbonyl (C=O) groups excluding carboxylic acids is 3. The third-order valence-electron chi connectivity index (χ3n) is 6.65. The van der Waals surface area contributed by atoms with E-state index >= 15 is 0 Å². The Morgan fingerprint density at radius 1 is 0.750 bits per heavy atom. The molecule has 0 unspecified atom stereocenters. The molecule has 2 aliphatic rings. The Kier molecular flexibility index (Phi) is 7.82. The zero-order valence-corrected chi connectivity index (χ0v) is 23.0. The highest BCUT2D eigenvalue weighted by Gasteiger charge is 2.18. The van der Waals surface area contributed by atoms with Crippen LogP contribution in [-0.4, -0.2) is 17.7 Å². The van der Waals surface area contributed by atoms with E-state index in [1.165, 1.54) is 11.3 Å². The number of amides is 3. The lowest BCUT2D eigenvalue weighted by atomic mass is 9.99. The Morgan fingerprint density at radius 3 is 2.10 bits per heavy atom. The molecule has 8 heteroatoms. The van der Waals surface area contributed by atoms with Gasteiger partial charge in [0.2, 0.25) is 11.8 Å². The fraction of sp³-hybridized carbons (Fsp3) is 0.0938. The summed E-state index contributed by atoms with van der Waals surface area (Å²) in [4.78, 5) is 34.7. The van der Waals surface area contributed by atoms with Gasteiger partial charge in [-0.15, -0.1) is 0 Å². The zero-order valence-electron chi connectivity index (χ0n) is 20.6. The molecule has 0 saturated heterocycles. The van der Waals surface area contributed by atoms with Gasteiger partial charge < -0.3 is 16.0 Å². The first kappa shape index (κ1) is 27.3. The average molecular weight is 613 g/mol. The third kappa shape index (κ3) is 5.83. The summed E-state index contributed by atoms with van der Waals surface area (Å²) in [5.41, 5.74) is 7.56. The van der Waals surface area contributed by atoms with E-state index in [0.717, 1.165) is 54.6 Å². The lowest BCUT2D eigenvalue weighted by Gasteiger charge is -2.09. The lowest BCUT2D eigenvalue weighted by Crippen LogP contribution is -2.10. The molecule has 0 radical (unpaired) electrons. The first-order valence-electron chi connectivity index (χ1n) is 12.3. The van der Waals surface area contributed by atoms with Crippen LogP contribution in [0.2, 0.25) is 0 Å². The van der Waals surface area contributed by atoms with Gasteiger partial charge in [-0.25, -0.2) is 0 Å². The number of rotatable bonds is 3. The summed E-state index contributed by atoms with van der Waals surface area (Å²) < 4.78 is 0.999. The van der Waals surface area contributed by atoms with Gasteiger partial charge in [0.15, 0.2) is 0 Å². The summed E-state index contributed by atoms with van der Waals surface area (Å²) in [6.45, 7) is 0. The summed E-state index contributed by atoms with van der Waals surface area (Å²) in [5, 5.41) is 14.5. The van der Waals surface area contributed by atoms with Gasteiger partial charge >= 0.3 is 0 Å². The summed E-state index contributed by atoms with van der Waals surface area (Å²) >= 11 is 4.84. The molecule has 0 atom stereocenters. The minimum absolute atomic E-state index is 0. The van der Waals surface area contributed by atoms with Crippen LogP contribution in [0.4, 0.5) is 17.1 Å². The number of anilines is 3. The van der Waals surface area contributed by atoms with Gasteiger partial charge in [-0.05, 0) is 80.9 Å². The fourth-order valence-electron chi connectivity index (χ4n) is 4.68. The molecule has 40 heavy (non-hydrogen) atoms. The standard InChI is InChI=1S/C23H16N2O2S.C8H6BrNO.CH4/c26-22-12-18-4-3-17(11-21(18)25-22)14-1-2-16-10-20(6-5-15(16)9-14)24-23(27)19-7-8-28-13-19;9-6-2-1-5-3-8(11)10-7(5)4-6;/h1-11,13H,12H2,(H,24,27)(H,25,26);1-2,4H,3H2,(H,10,11);1H4. The Morgan fingerprint density at radius 2 is 1.38 bits per heavy atom. The largest absolute Gasteiger partial charge is 0.326 e. The van der Waals surface area contributed by atoms with Crippen LogP contribution >= 0.6 is 27.3 Å². The molecule has 0 aliphatic carbocycles. The second-order valence-corrected chi connectivity index (χ2v) is 11.1. The van der Waals surface area contributed by atoms with Crippen molar-refractivity contribution in [3.8, 4) is 11.1 Å². The van der Waals surface area contributed by atoms with Gasteiger partial charge in [-0.3, -0.25) is 14.4 Å². The number of carbonyl (C=O) groups is 3. The van der Waals surface area contributed by atoms with Crippen LogP contribution < -0.4 is 16.0 Å². The molecule has 2 aliphatic heterocycles. The maximum atomic E-state index is 12.2. The van der Waals surface area contributed by atoms with Gasteiger partial charge in [-0.2, -0.15) is 11.3 Å². The number of hydrogen-bond acceptors (Lipinski definition) is 4. The van der Waals surface area contributed by atoms with E-state index in [-0.39, 0.29) is 25.1 Å². The van der Waals surface area contributed by atoms with Crippen LogP contribution in [0.15, 0.2) is 94.1 Å². The SMILES string of the molecule is C.O=C1Cc2ccc(-c3ccc4cc(NC(=O)c5ccsc5)ccc4c3)cc2N1.O=C1Cc2ccc(Br)cc2N1. The van der Waals surface area contributed by atoms with Crippen LogP contribution in [0.3, 0.4) is 0 Å². The molecule has 1 aromatic heterocycles. The Bertz CT molecular complexity index is 1770. The molecule has 6 nitrogen and oxygen atoms in total. The Balaban J connectivity index is 0.000000226. The van der Waals surface area contributed by atoms with Gasteiger partial charge in [-0.1, -0.05) is 59.8 Å². The molecule has 0 bridgehead atoms. The van der Waals surface area contributed by atoms with Crippen molar-refractivity contribution in [3.05, 3.63) is 111 Å². The number of halogens is 1. The Hall–Kier alpha value is -4.27. The number of thiophene rings is 1. The van der Waals surface area contributed by atoms with Crippen molar-refractivity contribution in [1.29, 1.82) is 0 Å². The van der Waals surface area contributed by atoms with Gasteiger partial charge in [0.25, 0.3) is 5.91 Å². The molecule has 3 heterocycles. The highest BCUT2D eigenvalue weighted by atomic mass is 79.9.